The molecule has 0 saturated carbocycles. The largest absolute Gasteiger partial charge is 0.505 e. The molecule has 0 aliphatic carbocycles. The number of hydrogen-bond donors (Lipinski definition) is 2. The van der Waals surface area contributed by atoms with Gasteiger partial charge in [0, 0.05) is 19.0 Å². The summed E-state index contributed by atoms with van der Waals surface area (Å²) in [6, 6.07) is 6.03. The smallest absolute Gasteiger partial charge is 0.339 e. The van der Waals surface area contributed by atoms with Gasteiger partial charge in [0.25, 0.3) is 5.91 Å². The van der Waals surface area contributed by atoms with Gasteiger partial charge in [0.05, 0.1) is 0 Å². The number of fused-ring (bicyclic) bond motifs is 1. The van der Waals surface area contributed by atoms with Crippen molar-refractivity contribution >= 4 is 22.8 Å². The third kappa shape index (κ3) is 2.27. The van der Waals surface area contributed by atoms with Crippen LogP contribution in [0, 0.1) is 0 Å². The molecular formula is C14H14N2O4. The van der Waals surface area contributed by atoms with Crippen LogP contribution in [0.15, 0.2) is 24.3 Å². The molecule has 0 aliphatic rings. The van der Waals surface area contributed by atoms with Gasteiger partial charge >= 0.3 is 5.97 Å². The molecule has 1 amide bonds. The van der Waals surface area contributed by atoms with Crippen molar-refractivity contribution in [2.24, 2.45) is 0 Å². The summed E-state index contributed by atoms with van der Waals surface area (Å²) in [5, 5.41) is 19.5. The highest BCUT2D eigenvalue weighted by molar-refractivity contribution is 6.00. The summed E-state index contributed by atoms with van der Waals surface area (Å²) in [5.74, 6) is -1.95. The Morgan fingerprint density at radius 3 is 2.50 bits per heavy atom. The molecule has 0 unspecified atom stereocenters. The molecule has 0 atom stereocenters. The normalized spacial score (nSPS) is 10.5. The van der Waals surface area contributed by atoms with Gasteiger partial charge in [-0.25, -0.2) is 9.78 Å². The van der Waals surface area contributed by atoms with Gasteiger partial charge in [-0.1, -0.05) is 12.1 Å². The van der Waals surface area contributed by atoms with Crippen LogP contribution in [0.3, 0.4) is 0 Å². The molecule has 20 heavy (non-hydrogen) atoms. The Hall–Kier alpha value is -2.63. The van der Waals surface area contributed by atoms with Gasteiger partial charge in [0.1, 0.15) is 16.8 Å². The van der Waals surface area contributed by atoms with E-state index in [4.69, 9.17) is 5.11 Å². The molecule has 0 spiro atoms. The maximum Gasteiger partial charge on any atom is 0.339 e. The van der Waals surface area contributed by atoms with E-state index < -0.39 is 11.7 Å². The summed E-state index contributed by atoms with van der Waals surface area (Å²) in [6.45, 7) is 2.36. The SMILES string of the molecule is CCN(C)C(=O)c1ccc2ccc(C(=O)O)c(O)c2n1. The van der Waals surface area contributed by atoms with Crippen molar-refractivity contribution < 1.29 is 19.8 Å². The lowest BCUT2D eigenvalue weighted by molar-refractivity contribution is 0.0693. The number of aromatic hydroxyl groups is 1. The summed E-state index contributed by atoms with van der Waals surface area (Å²) in [7, 11) is 1.64. The van der Waals surface area contributed by atoms with Crippen molar-refractivity contribution in [2.75, 3.05) is 13.6 Å². The van der Waals surface area contributed by atoms with Crippen LogP contribution in [-0.2, 0) is 0 Å². The summed E-state index contributed by atoms with van der Waals surface area (Å²) < 4.78 is 0. The van der Waals surface area contributed by atoms with Crippen LogP contribution >= 0.6 is 0 Å². The number of carboxylic acids is 1. The van der Waals surface area contributed by atoms with Crippen molar-refractivity contribution in [2.45, 2.75) is 6.92 Å². The van der Waals surface area contributed by atoms with E-state index >= 15 is 0 Å². The Labute approximate surface area is 115 Å². The highest BCUT2D eigenvalue weighted by atomic mass is 16.4. The predicted octanol–water partition coefficient (Wildman–Crippen LogP) is 1.73. The lowest BCUT2D eigenvalue weighted by atomic mass is 10.1. The molecule has 0 fully saturated rings. The molecule has 2 N–H and O–H groups in total. The molecule has 2 rings (SSSR count). The van der Waals surface area contributed by atoms with E-state index in [0.717, 1.165) is 0 Å². The number of amides is 1. The van der Waals surface area contributed by atoms with Gasteiger partial charge in [-0.05, 0) is 19.1 Å². The van der Waals surface area contributed by atoms with E-state index in [9.17, 15) is 14.7 Å². The number of carbonyl (C=O) groups excluding carboxylic acids is 1. The lowest BCUT2D eigenvalue weighted by Gasteiger charge is -2.14. The number of aromatic carboxylic acids is 1. The zero-order chi connectivity index (χ0) is 14.9. The van der Waals surface area contributed by atoms with Gasteiger partial charge in [0.2, 0.25) is 0 Å². The Balaban J connectivity index is 2.60. The lowest BCUT2D eigenvalue weighted by Crippen LogP contribution is -2.27. The predicted molar refractivity (Wildman–Crippen MR) is 73.0 cm³/mol. The Kier molecular flexibility index (Phi) is 3.56. The first-order valence-corrected chi connectivity index (χ1v) is 6.07. The summed E-state index contributed by atoms with van der Waals surface area (Å²) >= 11 is 0. The van der Waals surface area contributed by atoms with E-state index in [1.165, 1.54) is 11.0 Å². The maximum atomic E-state index is 12.0. The second-order valence-electron chi connectivity index (χ2n) is 4.35. The molecule has 6 heteroatoms. The second-order valence-corrected chi connectivity index (χ2v) is 4.35. The second kappa shape index (κ2) is 5.16. The average Bonchev–Trinajstić information content (AvgIpc) is 2.45. The maximum absolute atomic E-state index is 12.0. The molecule has 1 aromatic carbocycles. The average molecular weight is 274 g/mol. The monoisotopic (exact) mass is 274 g/mol. The van der Waals surface area contributed by atoms with Crippen LogP contribution in [0.2, 0.25) is 0 Å². The van der Waals surface area contributed by atoms with E-state index in [1.807, 2.05) is 6.92 Å². The Morgan fingerprint density at radius 2 is 1.90 bits per heavy atom. The number of phenols is 1. The topological polar surface area (TPSA) is 90.7 Å². The number of rotatable bonds is 3. The quantitative estimate of drug-likeness (QED) is 0.889. The van der Waals surface area contributed by atoms with Crippen molar-refractivity contribution in [1.29, 1.82) is 0 Å². The van der Waals surface area contributed by atoms with Crippen LogP contribution in [-0.4, -0.2) is 45.6 Å². The molecular weight excluding hydrogens is 260 g/mol. The first-order valence-electron chi connectivity index (χ1n) is 6.07. The molecule has 1 heterocycles. The van der Waals surface area contributed by atoms with Gasteiger partial charge in [-0.2, -0.15) is 0 Å². The first kappa shape index (κ1) is 13.8. The number of nitrogens with zero attached hydrogens (tertiary/aromatic N) is 2. The Morgan fingerprint density at radius 1 is 1.25 bits per heavy atom. The minimum Gasteiger partial charge on any atom is -0.505 e. The molecule has 0 aliphatic heterocycles. The summed E-state index contributed by atoms with van der Waals surface area (Å²) in [6.07, 6.45) is 0. The van der Waals surface area contributed by atoms with Crippen LogP contribution in [0.5, 0.6) is 5.75 Å². The van der Waals surface area contributed by atoms with Crippen molar-refractivity contribution in [3.05, 3.63) is 35.5 Å². The third-order valence-corrected chi connectivity index (χ3v) is 3.11. The van der Waals surface area contributed by atoms with Crippen molar-refractivity contribution in [3.8, 4) is 5.75 Å². The highest BCUT2D eigenvalue weighted by Gasteiger charge is 2.17. The summed E-state index contributed by atoms with van der Waals surface area (Å²) in [5.41, 5.74) is 0.0402. The van der Waals surface area contributed by atoms with E-state index in [1.54, 1.807) is 25.2 Å². The van der Waals surface area contributed by atoms with Crippen molar-refractivity contribution in [3.63, 3.8) is 0 Å². The molecule has 0 radical (unpaired) electrons. The van der Waals surface area contributed by atoms with Gasteiger partial charge < -0.3 is 15.1 Å². The zero-order valence-electron chi connectivity index (χ0n) is 11.1. The fourth-order valence-corrected chi connectivity index (χ4v) is 1.80. The molecule has 0 saturated heterocycles. The van der Waals surface area contributed by atoms with Gasteiger partial charge in [0.15, 0.2) is 5.75 Å². The van der Waals surface area contributed by atoms with Gasteiger partial charge in [-0.15, -0.1) is 0 Å². The van der Waals surface area contributed by atoms with Crippen LogP contribution < -0.4 is 0 Å². The molecule has 1 aromatic heterocycles. The third-order valence-electron chi connectivity index (χ3n) is 3.11. The number of pyridine rings is 1. The Bertz CT molecular complexity index is 697. The van der Waals surface area contributed by atoms with Crippen LogP contribution in [0.25, 0.3) is 10.9 Å². The minimum absolute atomic E-state index is 0.111. The van der Waals surface area contributed by atoms with Crippen LogP contribution in [0.1, 0.15) is 27.8 Å². The highest BCUT2D eigenvalue weighted by Crippen LogP contribution is 2.27. The molecule has 6 nitrogen and oxygen atoms in total. The van der Waals surface area contributed by atoms with Crippen LogP contribution in [0.4, 0.5) is 0 Å². The molecule has 0 bridgehead atoms. The fourth-order valence-electron chi connectivity index (χ4n) is 1.80. The standard InChI is InChI=1S/C14H14N2O4/c1-3-16(2)13(18)10-7-5-8-4-6-9(14(19)20)12(17)11(8)15-10/h4-7,17H,3H2,1-2H3,(H,19,20). The van der Waals surface area contributed by atoms with Gasteiger partial charge in [-0.3, -0.25) is 4.79 Å². The zero-order valence-corrected chi connectivity index (χ0v) is 11.1. The van der Waals surface area contributed by atoms with Crippen molar-refractivity contribution in [1.82, 2.24) is 9.88 Å². The number of carboxylic acid groups (broad SMARTS) is 1. The summed E-state index contributed by atoms with van der Waals surface area (Å²) in [4.78, 5) is 28.6. The molecule has 2 aromatic rings. The number of benzene rings is 1. The fraction of sp³-hybridized carbons (Fsp3) is 0.214. The number of hydrogen-bond acceptors (Lipinski definition) is 4. The number of aromatic nitrogens is 1. The number of carbonyl (C=O) groups is 2. The first-order chi connectivity index (χ1) is 9.45. The molecule has 104 valence electrons. The van der Waals surface area contributed by atoms with E-state index in [0.29, 0.717) is 11.9 Å². The minimum atomic E-state index is -1.24. The van der Waals surface area contributed by atoms with E-state index in [-0.39, 0.29) is 22.7 Å². The van der Waals surface area contributed by atoms with E-state index in [2.05, 4.69) is 4.98 Å².